The van der Waals surface area contributed by atoms with Gasteiger partial charge in [-0.2, -0.15) is 0 Å². The van der Waals surface area contributed by atoms with Crippen molar-refractivity contribution < 1.29 is 0 Å². The Kier molecular flexibility index (Phi) is 4.17. The summed E-state index contributed by atoms with van der Waals surface area (Å²) in [6.45, 7) is 7.04. The Morgan fingerprint density at radius 2 is 1.41 bits per heavy atom. The summed E-state index contributed by atoms with van der Waals surface area (Å²) in [5.74, 6) is 0. The summed E-state index contributed by atoms with van der Waals surface area (Å²) in [6.07, 6.45) is 0. The van der Waals surface area contributed by atoms with Gasteiger partial charge in [0, 0.05) is 5.61 Å². The number of benzene rings is 4. The van der Waals surface area contributed by atoms with Gasteiger partial charge in [-0.1, -0.05) is 99.0 Å². The minimum absolute atomic E-state index is 0.0594. The monoisotopic (exact) mass is 373 g/mol. The van der Waals surface area contributed by atoms with Crippen LogP contribution in [0.3, 0.4) is 0 Å². The van der Waals surface area contributed by atoms with E-state index in [0.29, 0.717) is 0 Å². The smallest absolute Gasteiger partial charge is 0.262 e. The fourth-order valence-corrected chi connectivity index (χ4v) is 4.47. The molecule has 4 aromatic rings. The van der Waals surface area contributed by atoms with Gasteiger partial charge in [0.05, 0.1) is 5.69 Å². The summed E-state index contributed by atoms with van der Waals surface area (Å²) in [5.41, 5.74) is 7.47. The van der Waals surface area contributed by atoms with Crippen molar-refractivity contribution in [1.82, 2.24) is 0 Å². The quantitative estimate of drug-likeness (QED) is 0.416. The van der Waals surface area contributed by atoms with Gasteiger partial charge >= 0.3 is 0 Å². The summed E-state index contributed by atoms with van der Waals surface area (Å²) in [6, 6.07) is 32.7. The molecule has 0 bridgehead atoms. The molecular formula is C27H24BN. The second-order valence-electron chi connectivity index (χ2n) is 8.89. The Labute approximate surface area is 173 Å². The van der Waals surface area contributed by atoms with Crippen molar-refractivity contribution in [2.24, 2.45) is 4.99 Å². The highest BCUT2D eigenvalue weighted by Crippen LogP contribution is 2.33. The van der Waals surface area contributed by atoms with Crippen LogP contribution >= 0.6 is 0 Å². The molecule has 0 atom stereocenters. The minimum Gasteiger partial charge on any atom is -0.262 e. The summed E-state index contributed by atoms with van der Waals surface area (Å²) in [7, 11) is 0. The first-order valence-corrected chi connectivity index (χ1v) is 10.3. The third kappa shape index (κ3) is 3.09. The lowest BCUT2D eigenvalue weighted by Crippen LogP contribution is -2.46. The van der Waals surface area contributed by atoms with Crippen LogP contribution < -0.4 is 10.9 Å². The Morgan fingerprint density at radius 3 is 2.21 bits per heavy atom. The number of fused-ring (bicyclic) bond motifs is 2. The zero-order valence-corrected chi connectivity index (χ0v) is 17.2. The van der Waals surface area contributed by atoms with Crippen molar-refractivity contribution >= 4 is 39.7 Å². The van der Waals surface area contributed by atoms with Crippen LogP contribution in [0.5, 0.6) is 0 Å². The van der Waals surface area contributed by atoms with Crippen molar-refractivity contribution in [2.45, 2.75) is 26.2 Å². The van der Waals surface area contributed by atoms with Gasteiger partial charge in [0.25, 0.3) is 6.71 Å². The van der Waals surface area contributed by atoms with Gasteiger partial charge in [0.1, 0.15) is 0 Å². The molecule has 5 rings (SSSR count). The molecule has 0 saturated carbocycles. The van der Waals surface area contributed by atoms with E-state index in [1.807, 2.05) is 0 Å². The molecule has 0 saturated heterocycles. The van der Waals surface area contributed by atoms with E-state index < -0.39 is 0 Å². The number of hydrogen-bond acceptors (Lipinski definition) is 1. The molecule has 4 aromatic carbocycles. The molecule has 0 fully saturated rings. The standard InChI is InChI=1S/C27H24BN/c1-27(2,3)23-18-20(17-19-11-7-8-14-22(19)23)26-28(21-12-5-4-6-13-21)24-15-9-10-16-25(24)29-26/h4-18H,1-3H3. The van der Waals surface area contributed by atoms with E-state index in [0.717, 1.165) is 11.3 Å². The maximum Gasteiger partial charge on any atom is 0.268 e. The van der Waals surface area contributed by atoms with Crippen molar-refractivity contribution in [1.29, 1.82) is 0 Å². The topological polar surface area (TPSA) is 12.4 Å². The van der Waals surface area contributed by atoms with Crippen LogP contribution in [0.1, 0.15) is 31.9 Å². The molecule has 1 aliphatic heterocycles. The maximum absolute atomic E-state index is 5.13. The molecule has 0 aliphatic carbocycles. The van der Waals surface area contributed by atoms with E-state index in [4.69, 9.17) is 4.99 Å². The summed E-state index contributed by atoms with van der Waals surface area (Å²) in [5, 5.41) is 2.61. The van der Waals surface area contributed by atoms with Gasteiger partial charge in [0.15, 0.2) is 0 Å². The highest BCUT2D eigenvalue weighted by Gasteiger charge is 2.34. The predicted octanol–water partition coefficient (Wildman–Crippen LogP) is 5.42. The minimum atomic E-state index is 0.0594. The van der Waals surface area contributed by atoms with E-state index in [-0.39, 0.29) is 12.1 Å². The summed E-state index contributed by atoms with van der Waals surface area (Å²) in [4.78, 5) is 5.13. The molecule has 0 unspecified atom stereocenters. The van der Waals surface area contributed by atoms with Gasteiger partial charge in [-0.15, -0.1) is 0 Å². The zero-order chi connectivity index (χ0) is 20.0. The lowest BCUT2D eigenvalue weighted by atomic mass is 9.37. The fourth-order valence-electron chi connectivity index (χ4n) is 4.47. The molecule has 0 N–H and O–H groups in total. The number of nitrogens with zero attached hydrogens (tertiary/aromatic N) is 1. The summed E-state index contributed by atoms with van der Waals surface area (Å²) >= 11 is 0. The maximum atomic E-state index is 5.13. The zero-order valence-electron chi connectivity index (χ0n) is 17.2. The second kappa shape index (κ2) is 6.74. The fraction of sp³-hybridized carbons (Fsp3) is 0.148. The van der Waals surface area contributed by atoms with Gasteiger partial charge in [-0.05, 0) is 51.0 Å². The molecule has 0 spiro atoms. The largest absolute Gasteiger partial charge is 0.268 e. The molecule has 2 heteroatoms. The number of para-hydroxylation sites is 1. The van der Waals surface area contributed by atoms with E-state index in [2.05, 4.69) is 112 Å². The molecule has 0 radical (unpaired) electrons. The van der Waals surface area contributed by atoms with Crippen molar-refractivity contribution in [2.75, 3.05) is 0 Å². The average molecular weight is 373 g/mol. The highest BCUT2D eigenvalue weighted by atomic mass is 14.8. The lowest BCUT2D eigenvalue weighted by Gasteiger charge is -2.23. The van der Waals surface area contributed by atoms with Crippen molar-refractivity contribution in [3.8, 4) is 0 Å². The number of rotatable bonds is 2. The summed E-state index contributed by atoms with van der Waals surface area (Å²) < 4.78 is 0. The number of aliphatic imine (C=N–C) groups is 1. The van der Waals surface area contributed by atoms with Crippen LogP contribution in [0.25, 0.3) is 10.8 Å². The molecule has 1 heterocycles. The Balaban J connectivity index is 1.76. The van der Waals surface area contributed by atoms with Gasteiger partial charge < -0.3 is 0 Å². The van der Waals surface area contributed by atoms with Crippen LogP contribution in [0.15, 0.2) is 96.0 Å². The third-order valence-corrected chi connectivity index (χ3v) is 5.86. The Morgan fingerprint density at radius 1 is 0.724 bits per heavy atom. The van der Waals surface area contributed by atoms with Crippen LogP contribution in [0.4, 0.5) is 5.69 Å². The molecule has 0 aromatic heterocycles. The highest BCUT2D eigenvalue weighted by molar-refractivity contribution is 7.12. The lowest BCUT2D eigenvalue weighted by molar-refractivity contribution is 0.596. The van der Waals surface area contributed by atoms with E-state index in [9.17, 15) is 0 Å². The molecule has 1 aliphatic rings. The van der Waals surface area contributed by atoms with Crippen LogP contribution in [0, 0.1) is 0 Å². The van der Waals surface area contributed by atoms with Gasteiger partial charge in [-0.3, -0.25) is 4.99 Å². The van der Waals surface area contributed by atoms with Gasteiger partial charge in [0.2, 0.25) is 0 Å². The molecular weight excluding hydrogens is 349 g/mol. The Hall–Kier alpha value is -3.13. The average Bonchev–Trinajstić information content (AvgIpc) is 3.12. The van der Waals surface area contributed by atoms with Gasteiger partial charge in [-0.25, -0.2) is 0 Å². The molecule has 1 nitrogen and oxygen atoms in total. The first-order chi connectivity index (χ1) is 14.0. The molecule has 0 amide bonds. The second-order valence-corrected chi connectivity index (χ2v) is 8.89. The van der Waals surface area contributed by atoms with E-state index >= 15 is 0 Å². The van der Waals surface area contributed by atoms with E-state index in [1.165, 1.54) is 32.8 Å². The van der Waals surface area contributed by atoms with Crippen LogP contribution in [-0.2, 0) is 5.41 Å². The Bertz CT molecular complexity index is 1230. The van der Waals surface area contributed by atoms with Crippen LogP contribution in [0.2, 0.25) is 0 Å². The third-order valence-electron chi connectivity index (χ3n) is 5.86. The predicted molar refractivity (Wildman–Crippen MR) is 127 cm³/mol. The SMILES string of the molecule is CC(C)(C)c1cc(C2=Nc3ccccc3B2c2ccccc2)cc2ccccc12. The number of hydrogen-bond donors (Lipinski definition) is 0. The van der Waals surface area contributed by atoms with Crippen molar-refractivity contribution in [3.63, 3.8) is 0 Å². The van der Waals surface area contributed by atoms with Crippen molar-refractivity contribution in [3.05, 3.63) is 102 Å². The first kappa shape index (κ1) is 17.9. The first-order valence-electron chi connectivity index (χ1n) is 10.3. The van der Waals surface area contributed by atoms with Crippen LogP contribution in [-0.4, -0.2) is 12.3 Å². The normalized spacial score (nSPS) is 13.5. The van der Waals surface area contributed by atoms with E-state index in [1.54, 1.807) is 0 Å². The molecule has 29 heavy (non-hydrogen) atoms. The molecule has 140 valence electrons.